The standard InChI is InChI=1S/C21H32N4O2.HI/c1-4-19-18(20(5-2)27-25-19)15-24-21(22-3)23-13-9-10-14-26-16-17-11-7-6-8-12-17;/h6-8,11-12H,4-5,9-10,13-16H2,1-3H3,(H2,22,23,24);1H. The Morgan fingerprint density at radius 3 is 2.57 bits per heavy atom. The quantitative estimate of drug-likeness (QED) is 0.211. The second-order valence-electron chi connectivity index (χ2n) is 6.34. The van der Waals surface area contributed by atoms with Crippen molar-refractivity contribution in [2.75, 3.05) is 20.2 Å². The van der Waals surface area contributed by atoms with Gasteiger partial charge in [0, 0.05) is 38.7 Å². The largest absolute Gasteiger partial charge is 0.377 e. The van der Waals surface area contributed by atoms with Crippen LogP contribution >= 0.6 is 24.0 Å². The summed E-state index contributed by atoms with van der Waals surface area (Å²) >= 11 is 0. The molecule has 0 atom stereocenters. The maximum absolute atomic E-state index is 5.71. The highest BCUT2D eigenvalue weighted by Gasteiger charge is 2.13. The Kier molecular flexibility index (Phi) is 12.6. The Hall–Kier alpha value is -1.61. The van der Waals surface area contributed by atoms with Crippen LogP contribution in [0.25, 0.3) is 0 Å². The fourth-order valence-electron chi connectivity index (χ4n) is 2.83. The first kappa shape index (κ1) is 24.4. The first-order chi connectivity index (χ1) is 13.3. The number of nitrogens with zero attached hydrogens (tertiary/aromatic N) is 2. The SMILES string of the molecule is CCc1noc(CC)c1CNC(=NC)NCCCCOCc1ccccc1.I. The fraction of sp³-hybridized carbons (Fsp3) is 0.524. The number of unbranched alkanes of at least 4 members (excludes halogenated alkanes) is 1. The molecule has 2 N–H and O–H groups in total. The number of halogens is 1. The lowest BCUT2D eigenvalue weighted by Gasteiger charge is -2.12. The second kappa shape index (κ2) is 14.4. The van der Waals surface area contributed by atoms with Crippen LogP contribution < -0.4 is 10.6 Å². The fourth-order valence-corrected chi connectivity index (χ4v) is 2.83. The highest BCUT2D eigenvalue weighted by molar-refractivity contribution is 14.0. The molecule has 0 saturated heterocycles. The molecule has 156 valence electrons. The Balaban J connectivity index is 0.00000392. The summed E-state index contributed by atoms with van der Waals surface area (Å²) in [6, 6.07) is 10.3. The smallest absolute Gasteiger partial charge is 0.191 e. The average Bonchev–Trinajstić information content (AvgIpc) is 3.12. The van der Waals surface area contributed by atoms with E-state index in [-0.39, 0.29) is 24.0 Å². The van der Waals surface area contributed by atoms with Crippen molar-refractivity contribution in [3.8, 4) is 0 Å². The second-order valence-corrected chi connectivity index (χ2v) is 6.34. The van der Waals surface area contributed by atoms with Crippen LogP contribution in [0, 0.1) is 0 Å². The Labute approximate surface area is 185 Å². The molecule has 1 heterocycles. The highest BCUT2D eigenvalue weighted by atomic mass is 127. The molecule has 0 aliphatic carbocycles. The number of rotatable bonds is 11. The molecule has 6 nitrogen and oxygen atoms in total. The summed E-state index contributed by atoms with van der Waals surface area (Å²) in [5, 5.41) is 10.8. The van der Waals surface area contributed by atoms with Crippen molar-refractivity contribution in [3.05, 3.63) is 52.9 Å². The summed E-state index contributed by atoms with van der Waals surface area (Å²) in [7, 11) is 1.79. The third kappa shape index (κ3) is 8.18. The Morgan fingerprint density at radius 1 is 1.11 bits per heavy atom. The number of guanidine groups is 1. The van der Waals surface area contributed by atoms with E-state index < -0.39 is 0 Å². The van der Waals surface area contributed by atoms with Crippen LogP contribution in [0.4, 0.5) is 0 Å². The van der Waals surface area contributed by atoms with E-state index in [1.165, 1.54) is 5.56 Å². The molecule has 0 aliphatic rings. The molecular weight excluding hydrogens is 467 g/mol. The monoisotopic (exact) mass is 500 g/mol. The summed E-state index contributed by atoms with van der Waals surface area (Å²) in [6.45, 7) is 7.15. The number of nitrogens with one attached hydrogen (secondary N) is 2. The van der Waals surface area contributed by atoms with Gasteiger partial charge in [0.05, 0.1) is 12.3 Å². The van der Waals surface area contributed by atoms with Crippen LogP contribution in [0.1, 0.15) is 49.3 Å². The van der Waals surface area contributed by atoms with Crippen LogP contribution in [0.5, 0.6) is 0 Å². The molecule has 0 aliphatic heterocycles. The summed E-state index contributed by atoms with van der Waals surface area (Å²) in [5.74, 6) is 1.75. The van der Waals surface area contributed by atoms with E-state index in [9.17, 15) is 0 Å². The minimum Gasteiger partial charge on any atom is -0.377 e. The van der Waals surface area contributed by atoms with E-state index >= 15 is 0 Å². The van der Waals surface area contributed by atoms with Crippen molar-refractivity contribution in [3.63, 3.8) is 0 Å². The third-order valence-corrected chi connectivity index (χ3v) is 4.38. The molecule has 0 amide bonds. The van der Waals surface area contributed by atoms with Crippen molar-refractivity contribution in [1.29, 1.82) is 0 Å². The summed E-state index contributed by atoms with van der Waals surface area (Å²) in [5.41, 5.74) is 3.38. The molecule has 2 rings (SSSR count). The molecule has 1 aromatic carbocycles. The summed E-state index contributed by atoms with van der Waals surface area (Å²) in [4.78, 5) is 4.28. The lowest BCUT2D eigenvalue weighted by atomic mass is 10.1. The van der Waals surface area contributed by atoms with Gasteiger partial charge in [0.25, 0.3) is 0 Å². The van der Waals surface area contributed by atoms with Crippen LogP contribution in [-0.4, -0.2) is 31.3 Å². The van der Waals surface area contributed by atoms with Gasteiger partial charge in [-0.05, 0) is 24.8 Å². The molecule has 28 heavy (non-hydrogen) atoms. The van der Waals surface area contributed by atoms with Gasteiger partial charge in [-0.15, -0.1) is 24.0 Å². The number of hydrogen-bond donors (Lipinski definition) is 2. The van der Waals surface area contributed by atoms with E-state index in [1.807, 2.05) is 18.2 Å². The van der Waals surface area contributed by atoms with Crippen molar-refractivity contribution in [1.82, 2.24) is 15.8 Å². The van der Waals surface area contributed by atoms with Gasteiger partial charge in [0.15, 0.2) is 5.96 Å². The predicted molar refractivity (Wildman–Crippen MR) is 124 cm³/mol. The van der Waals surface area contributed by atoms with Crippen molar-refractivity contribution < 1.29 is 9.26 Å². The van der Waals surface area contributed by atoms with Crippen LogP contribution in [0.15, 0.2) is 39.8 Å². The minimum absolute atomic E-state index is 0. The van der Waals surface area contributed by atoms with Crippen molar-refractivity contribution in [2.24, 2.45) is 4.99 Å². The highest BCUT2D eigenvalue weighted by Crippen LogP contribution is 2.15. The van der Waals surface area contributed by atoms with E-state index in [0.717, 1.165) is 61.8 Å². The van der Waals surface area contributed by atoms with E-state index in [2.05, 4.69) is 46.8 Å². The molecule has 0 radical (unpaired) electrons. The molecular formula is C21H33IN4O2. The van der Waals surface area contributed by atoms with Crippen LogP contribution in [0.3, 0.4) is 0 Å². The van der Waals surface area contributed by atoms with Gasteiger partial charge in [-0.2, -0.15) is 0 Å². The lowest BCUT2D eigenvalue weighted by molar-refractivity contribution is 0.117. The van der Waals surface area contributed by atoms with E-state index in [4.69, 9.17) is 9.26 Å². The molecule has 0 fully saturated rings. The van der Waals surface area contributed by atoms with Gasteiger partial charge in [0.1, 0.15) is 5.76 Å². The zero-order valence-corrected chi connectivity index (χ0v) is 19.5. The Morgan fingerprint density at radius 2 is 1.89 bits per heavy atom. The zero-order valence-electron chi connectivity index (χ0n) is 17.2. The number of aryl methyl sites for hydroxylation is 2. The number of benzene rings is 1. The van der Waals surface area contributed by atoms with E-state index in [0.29, 0.717) is 13.2 Å². The molecule has 0 saturated carbocycles. The van der Waals surface area contributed by atoms with Crippen LogP contribution in [0.2, 0.25) is 0 Å². The maximum atomic E-state index is 5.71. The zero-order chi connectivity index (χ0) is 19.3. The van der Waals surface area contributed by atoms with Gasteiger partial charge in [-0.25, -0.2) is 0 Å². The molecule has 1 aromatic heterocycles. The van der Waals surface area contributed by atoms with Gasteiger partial charge >= 0.3 is 0 Å². The summed E-state index contributed by atoms with van der Waals surface area (Å²) in [6.07, 6.45) is 3.76. The number of hydrogen-bond acceptors (Lipinski definition) is 4. The normalized spacial score (nSPS) is 11.2. The first-order valence-electron chi connectivity index (χ1n) is 9.80. The van der Waals surface area contributed by atoms with Crippen LogP contribution in [-0.2, 0) is 30.7 Å². The first-order valence-corrected chi connectivity index (χ1v) is 9.80. The molecule has 2 aromatic rings. The molecule has 0 spiro atoms. The third-order valence-electron chi connectivity index (χ3n) is 4.38. The van der Waals surface area contributed by atoms with Crippen molar-refractivity contribution in [2.45, 2.75) is 52.7 Å². The maximum Gasteiger partial charge on any atom is 0.191 e. The molecule has 7 heteroatoms. The minimum atomic E-state index is 0. The number of aliphatic imine (C=N–C) groups is 1. The average molecular weight is 500 g/mol. The Bertz CT molecular complexity index is 667. The van der Waals surface area contributed by atoms with Crippen molar-refractivity contribution >= 4 is 29.9 Å². The number of ether oxygens (including phenoxy) is 1. The van der Waals surface area contributed by atoms with Gasteiger partial charge in [-0.3, -0.25) is 4.99 Å². The summed E-state index contributed by atoms with van der Waals surface area (Å²) < 4.78 is 11.1. The van der Waals surface area contributed by atoms with E-state index in [1.54, 1.807) is 7.05 Å². The van der Waals surface area contributed by atoms with Gasteiger partial charge < -0.3 is 19.9 Å². The molecule has 0 unspecified atom stereocenters. The number of aromatic nitrogens is 1. The van der Waals surface area contributed by atoms with Gasteiger partial charge in [-0.1, -0.05) is 49.3 Å². The molecule has 0 bridgehead atoms. The predicted octanol–water partition coefficient (Wildman–Crippen LogP) is 4.08. The lowest BCUT2D eigenvalue weighted by Crippen LogP contribution is -2.37. The topological polar surface area (TPSA) is 71.7 Å². The van der Waals surface area contributed by atoms with Gasteiger partial charge in [0.2, 0.25) is 0 Å².